The van der Waals surface area contributed by atoms with Gasteiger partial charge < -0.3 is 14.4 Å². The van der Waals surface area contributed by atoms with Crippen LogP contribution in [0.5, 0.6) is 11.5 Å². The SMILES string of the molecule is COc1ccccc1OCCN1CCN(c2nccc(C(C)C)n2)CC1. The second-order valence-corrected chi connectivity index (χ2v) is 6.76. The summed E-state index contributed by atoms with van der Waals surface area (Å²) >= 11 is 0. The summed E-state index contributed by atoms with van der Waals surface area (Å²) in [5.74, 6) is 2.85. The topological polar surface area (TPSA) is 50.7 Å². The van der Waals surface area contributed by atoms with Crippen LogP contribution >= 0.6 is 0 Å². The lowest BCUT2D eigenvalue weighted by atomic mass is 10.1. The molecular formula is C20H28N4O2. The fourth-order valence-electron chi connectivity index (χ4n) is 3.03. The normalized spacial score (nSPS) is 15.3. The molecule has 0 atom stereocenters. The van der Waals surface area contributed by atoms with E-state index in [0.717, 1.165) is 55.9 Å². The highest BCUT2D eigenvalue weighted by molar-refractivity contribution is 5.39. The summed E-state index contributed by atoms with van der Waals surface area (Å²) in [5.41, 5.74) is 1.10. The number of aromatic nitrogens is 2. The molecule has 1 aliphatic heterocycles. The third-order valence-corrected chi connectivity index (χ3v) is 4.65. The van der Waals surface area contributed by atoms with Gasteiger partial charge in [-0.3, -0.25) is 4.90 Å². The van der Waals surface area contributed by atoms with Crippen molar-refractivity contribution in [3.63, 3.8) is 0 Å². The number of piperazine rings is 1. The Kier molecular flexibility index (Phi) is 6.28. The molecule has 140 valence electrons. The van der Waals surface area contributed by atoms with Crippen LogP contribution in [0, 0.1) is 0 Å². The maximum absolute atomic E-state index is 5.88. The number of rotatable bonds is 7. The van der Waals surface area contributed by atoms with Gasteiger partial charge in [0.25, 0.3) is 0 Å². The Hall–Kier alpha value is -2.34. The zero-order chi connectivity index (χ0) is 18.4. The van der Waals surface area contributed by atoms with Gasteiger partial charge in [0.2, 0.25) is 5.95 Å². The van der Waals surface area contributed by atoms with Gasteiger partial charge in [0, 0.05) is 44.6 Å². The lowest BCUT2D eigenvalue weighted by molar-refractivity contribution is 0.196. The largest absolute Gasteiger partial charge is 0.493 e. The van der Waals surface area contributed by atoms with E-state index in [9.17, 15) is 0 Å². The van der Waals surface area contributed by atoms with Crippen LogP contribution < -0.4 is 14.4 Å². The quantitative estimate of drug-likeness (QED) is 0.760. The first-order valence-corrected chi connectivity index (χ1v) is 9.23. The molecule has 1 aromatic heterocycles. The van der Waals surface area contributed by atoms with E-state index in [-0.39, 0.29) is 0 Å². The molecular weight excluding hydrogens is 328 g/mol. The molecule has 2 aromatic rings. The third-order valence-electron chi connectivity index (χ3n) is 4.65. The van der Waals surface area contributed by atoms with Crippen LogP contribution in [0.25, 0.3) is 0 Å². The minimum Gasteiger partial charge on any atom is -0.493 e. The zero-order valence-electron chi connectivity index (χ0n) is 15.9. The summed E-state index contributed by atoms with van der Waals surface area (Å²) in [4.78, 5) is 13.8. The first kappa shape index (κ1) is 18.5. The Labute approximate surface area is 155 Å². The fraction of sp³-hybridized carbons (Fsp3) is 0.500. The van der Waals surface area contributed by atoms with Crippen molar-refractivity contribution >= 4 is 5.95 Å². The highest BCUT2D eigenvalue weighted by Crippen LogP contribution is 2.25. The monoisotopic (exact) mass is 356 g/mol. The van der Waals surface area contributed by atoms with Crippen molar-refractivity contribution in [1.29, 1.82) is 0 Å². The number of para-hydroxylation sites is 2. The van der Waals surface area contributed by atoms with Crippen molar-refractivity contribution in [2.24, 2.45) is 0 Å². The fourth-order valence-corrected chi connectivity index (χ4v) is 3.03. The first-order valence-electron chi connectivity index (χ1n) is 9.23. The zero-order valence-corrected chi connectivity index (χ0v) is 15.9. The number of anilines is 1. The summed E-state index contributed by atoms with van der Waals surface area (Å²) in [5, 5.41) is 0. The van der Waals surface area contributed by atoms with Crippen molar-refractivity contribution in [2.75, 3.05) is 51.3 Å². The van der Waals surface area contributed by atoms with Crippen LogP contribution in [0.4, 0.5) is 5.95 Å². The van der Waals surface area contributed by atoms with Crippen molar-refractivity contribution < 1.29 is 9.47 Å². The van der Waals surface area contributed by atoms with Gasteiger partial charge in [-0.2, -0.15) is 0 Å². The molecule has 0 saturated carbocycles. The summed E-state index contributed by atoms with van der Waals surface area (Å²) < 4.78 is 11.2. The average molecular weight is 356 g/mol. The number of hydrogen-bond acceptors (Lipinski definition) is 6. The Morgan fingerprint density at radius 3 is 2.46 bits per heavy atom. The molecule has 0 aliphatic carbocycles. The molecule has 6 nitrogen and oxygen atoms in total. The predicted molar refractivity (Wildman–Crippen MR) is 103 cm³/mol. The van der Waals surface area contributed by atoms with Gasteiger partial charge in [0.15, 0.2) is 11.5 Å². The van der Waals surface area contributed by atoms with Gasteiger partial charge in [-0.05, 0) is 24.1 Å². The molecule has 3 rings (SSSR count). The van der Waals surface area contributed by atoms with Gasteiger partial charge in [-0.25, -0.2) is 9.97 Å². The van der Waals surface area contributed by atoms with E-state index in [1.807, 2.05) is 36.5 Å². The molecule has 0 spiro atoms. The van der Waals surface area contributed by atoms with Crippen molar-refractivity contribution in [3.8, 4) is 11.5 Å². The first-order chi connectivity index (χ1) is 12.7. The number of nitrogens with zero attached hydrogens (tertiary/aromatic N) is 4. The molecule has 1 saturated heterocycles. The average Bonchev–Trinajstić information content (AvgIpc) is 2.69. The van der Waals surface area contributed by atoms with Gasteiger partial charge >= 0.3 is 0 Å². The maximum Gasteiger partial charge on any atom is 0.225 e. The number of benzene rings is 1. The van der Waals surface area contributed by atoms with Gasteiger partial charge in [0.05, 0.1) is 7.11 Å². The number of hydrogen-bond donors (Lipinski definition) is 0. The highest BCUT2D eigenvalue weighted by atomic mass is 16.5. The van der Waals surface area contributed by atoms with Crippen molar-refractivity contribution in [1.82, 2.24) is 14.9 Å². The third kappa shape index (κ3) is 4.64. The van der Waals surface area contributed by atoms with Crippen LogP contribution in [0.15, 0.2) is 36.5 Å². The van der Waals surface area contributed by atoms with Crippen LogP contribution in [0.2, 0.25) is 0 Å². The smallest absolute Gasteiger partial charge is 0.225 e. The van der Waals surface area contributed by atoms with E-state index in [0.29, 0.717) is 12.5 Å². The molecule has 1 aromatic carbocycles. The van der Waals surface area contributed by atoms with E-state index in [1.165, 1.54) is 0 Å². The van der Waals surface area contributed by atoms with Crippen molar-refractivity contribution in [2.45, 2.75) is 19.8 Å². The molecule has 2 heterocycles. The van der Waals surface area contributed by atoms with E-state index in [1.54, 1.807) is 7.11 Å². The van der Waals surface area contributed by atoms with E-state index in [4.69, 9.17) is 14.5 Å². The standard InChI is InChI=1S/C20H28N4O2/c1-16(2)17-8-9-21-20(22-17)24-12-10-23(11-13-24)14-15-26-19-7-5-4-6-18(19)25-3/h4-9,16H,10-15H2,1-3H3. The number of methoxy groups -OCH3 is 1. The predicted octanol–water partition coefficient (Wildman–Crippen LogP) is 2.81. The molecule has 0 radical (unpaired) electrons. The summed E-state index contributed by atoms with van der Waals surface area (Å²) in [7, 11) is 1.66. The Balaban J connectivity index is 1.46. The number of ether oxygens (including phenoxy) is 2. The molecule has 0 N–H and O–H groups in total. The minimum atomic E-state index is 0.421. The van der Waals surface area contributed by atoms with Crippen molar-refractivity contribution in [3.05, 3.63) is 42.2 Å². The molecule has 1 fully saturated rings. The highest BCUT2D eigenvalue weighted by Gasteiger charge is 2.19. The summed E-state index contributed by atoms with van der Waals surface area (Å²) in [6.07, 6.45) is 1.87. The van der Waals surface area contributed by atoms with Gasteiger partial charge in [-0.1, -0.05) is 26.0 Å². The van der Waals surface area contributed by atoms with Gasteiger partial charge in [0.1, 0.15) is 6.61 Å². The van der Waals surface area contributed by atoms with Crippen LogP contribution in [0.3, 0.4) is 0 Å². The molecule has 6 heteroatoms. The van der Waals surface area contributed by atoms with E-state index in [2.05, 4.69) is 28.6 Å². The van der Waals surface area contributed by atoms with Crippen LogP contribution in [-0.4, -0.2) is 61.3 Å². The Bertz CT molecular complexity index is 700. The molecule has 1 aliphatic rings. The van der Waals surface area contributed by atoms with E-state index >= 15 is 0 Å². The molecule has 0 bridgehead atoms. The lowest BCUT2D eigenvalue weighted by Crippen LogP contribution is -2.48. The van der Waals surface area contributed by atoms with E-state index < -0.39 is 0 Å². The second kappa shape index (κ2) is 8.85. The summed E-state index contributed by atoms with van der Waals surface area (Å²) in [6.45, 7) is 9.73. The lowest BCUT2D eigenvalue weighted by Gasteiger charge is -2.34. The maximum atomic E-state index is 5.88. The minimum absolute atomic E-state index is 0.421. The van der Waals surface area contributed by atoms with Gasteiger partial charge in [-0.15, -0.1) is 0 Å². The molecule has 0 unspecified atom stereocenters. The second-order valence-electron chi connectivity index (χ2n) is 6.76. The van der Waals surface area contributed by atoms with Crippen LogP contribution in [-0.2, 0) is 0 Å². The van der Waals surface area contributed by atoms with Crippen LogP contribution in [0.1, 0.15) is 25.5 Å². The summed E-state index contributed by atoms with van der Waals surface area (Å²) in [6, 6.07) is 9.76. The molecule has 0 amide bonds. The Morgan fingerprint density at radius 1 is 1.04 bits per heavy atom. The molecule has 26 heavy (non-hydrogen) atoms. The Morgan fingerprint density at radius 2 is 1.77 bits per heavy atom.